The molecule has 1 rings (SSSR count). The molecule has 112 valence electrons. The molecule has 20 heavy (non-hydrogen) atoms. The molecular formula is C14H22ClN3O2. The monoisotopic (exact) mass is 299 g/mol. The highest BCUT2D eigenvalue weighted by Gasteiger charge is 2.34. The van der Waals surface area contributed by atoms with Crippen LogP contribution in [0.3, 0.4) is 0 Å². The maximum absolute atomic E-state index is 12.0. The number of rotatable bonds is 6. The first-order valence-corrected chi connectivity index (χ1v) is 6.39. The maximum atomic E-state index is 12.0. The highest BCUT2D eigenvalue weighted by atomic mass is 35.5. The summed E-state index contributed by atoms with van der Waals surface area (Å²) in [5.74, 6) is -0.713. The molecule has 0 spiro atoms. The van der Waals surface area contributed by atoms with E-state index in [1.54, 1.807) is 24.3 Å². The zero-order valence-corrected chi connectivity index (χ0v) is 12.6. The number of nitrogen functional groups attached to an aromatic ring is 1. The van der Waals surface area contributed by atoms with Gasteiger partial charge in [-0.25, -0.2) is 0 Å². The SMILES string of the molecule is CCC(CC)(NC(=O)Cc1ccc(N)cc1)C(N)=O.Cl. The van der Waals surface area contributed by atoms with Crippen LogP contribution in [-0.4, -0.2) is 17.4 Å². The molecule has 0 saturated carbocycles. The number of anilines is 1. The molecule has 5 N–H and O–H groups in total. The summed E-state index contributed by atoms with van der Waals surface area (Å²) in [7, 11) is 0. The lowest BCUT2D eigenvalue weighted by Crippen LogP contribution is -2.57. The van der Waals surface area contributed by atoms with E-state index in [1.165, 1.54) is 0 Å². The first kappa shape index (κ1) is 18.2. The van der Waals surface area contributed by atoms with Crippen LogP contribution in [0.5, 0.6) is 0 Å². The van der Waals surface area contributed by atoms with E-state index in [4.69, 9.17) is 11.5 Å². The van der Waals surface area contributed by atoms with Gasteiger partial charge in [-0.05, 0) is 30.5 Å². The molecule has 6 heteroatoms. The third-order valence-electron chi connectivity index (χ3n) is 3.40. The minimum atomic E-state index is -0.953. The van der Waals surface area contributed by atoms with Crippen molar-refractivity contribution in [3.8, 4) is 0 Å². The summed E-state index contributed by atoms with van der Waals surface area (Å²) in [6.07, 6.45) is 1.16. The van der Waals surface area contributed by atoms with Crippen molar-refractivity contribution in [1.29, 1.82) is 0 Å². The topological polar surface area (TPSA) is 98.2 Å². The lowest BCUT2D eigenvalue weighted by atomic mass is 9.91. The average molecular weight is 300 g/mol. The summed E-state index contributed by atoms with van der Waals surface area (Å²) in [5, 5.41) is 2.75. The fourth-order valence-corrected chi connectivity index (χ4v) is 1.97. The number of amides is 2. The molecule has 1 aromatic carbocycles. The van der Waals surface area contributed by atoms with Crippen LogP contribution in [0.1, 0.15) is 32.3 Å². The van der Waals surface area contributed by atoms with E-state index in [-0.39, 0.29) is 24.7 Å². The summed E-state index contributed by atoms with van der Waals surface area (Å²) < 4.78 is 0. The first-order chi connectivity index (χ1) is 8.93. The summed E-state index contributed by atoms with van der Waals surface area (Å²) in [5.41, 5.74) is 11.5. The number of halogens is 1. The second-order valence-corrected chi connectivity index (χ2v) is 4.62. The number of hydrogen-bond donors (Lipinski definition) is 3. The Morgan fingerprint density at radius 2 is 1.65 bits per heavy atom. The van der Waals surface area contributed by atoms with Gasteiger partial charge in [0, 0.05) is 5.69 Å². The van der Waals surface area contributed by atoms with Crippen molar-refractivity contribution in [3.05, 3.63) is 29.8 Å². The van der Waals surface area contributed by atoms with E-state index < -0.39 is 11.4 Å². The van der Waals surface area contributed by atoms with Crippen LogP contribution in [-0.2, 0) is 16.0 Å². The fraction of sp³-hybridized carbons (Fsp3) is 0.429. The van der Waals surface area contributed by atoms with E-state index in [9.17, 15) is 9.59 Å². The predicted octanol–water partition coefficient (Wildman–Crippen LogP) is 1.39. The number of carbonyl (C=O) groups excluding carboxylic acids is 2. The lowest BCUT2D eigenvalue weighted by Gasteiger charge is -2.29. The van der Waals surface area contributed by atoms with Gasteiger partial charge in [0.05, 0.1) is 6.42 Å². The molecule has 0 aliphatic heterocycles. The van der Waals surface area contributed by atoms with Crippen LogP contribution in [0, 0.1) is 0 Å². The Bertz CT molecular complexity index is 456. The Kier molecular flexibility index (Phi) is 7.07. The molecule has 0 aliphatic rings. The van der Waals surface area contributed by atoms with Crippen molar-refractivity contribution in [2.45, 2.75) is 38.6 Å². The Labute approximate surface area is 125 Å². The van der Waals surface area contributed by atoms with Crippen molar-refractivity contribution < 1.29 is 9.59 Å². The van der Waals surface area contributed by atoms with Crippen LogP contribution < -0.4 is 16.8 Å². The van der Waals surface area contributed by atoms with Gasteiger partial charge in [-0.15, -0.1) is 12.4 Å². The standard InChI is InChI=1S/C14H21N3O2.ClH/c1-3-14(4-2,13(16)19)17-12(18)9-10-5-7-11(15)8-6-10;/h5-8H,3-4,9,15H2,1-2H3,(H2,16,19)(H,17,18);1H. The number of benzene rings is 1. The Morgan fingerprint density at radius 1 is 1.15 bits per heavy atom. The van der Waals surface area contributed by atoms with Gasteiger partial charge >= 0.3 is 0 Å². The average Bonchev–Trinajstić information content (AvgIpc) is 2.38. The van der Waals surface area contributed by atoms with Crippen molar-refractivity contribution in [3.63, 3.8) is 0 Å². The maximum Gasteiger partial charge on any atom is 0.243 e. The molecule has 5 nitrogen and oxygen atoms in total. The first-order valence-electron chi connectivity index (χ1n) is 6.39. The van der Waals surface area contributed by atoms with Crippen molar-refractivity contribution in [2.75, 3.05) is 5.73 Å². The van der Waals surface area contributed by atoms with Crippen LogP contribution in [0.25, 0.3) is 0 Å². The van der Waals surface area contributed by atoms with Crippen molar-refractivity contribution >= 4 is 29.9 Å². The van der Waals surface area contributed by atoms with E-state index >= 15 is 0 Å². The summed E-state index contributed by atoms with van der Waals surface area (Å²) in [6.45, 7) is 3.66. The van der Waals surface area contributed by atoms with E-state index in [2.05, 4.69) is 5.32 Å². The number of nitrogens with two attached hydrogens (primary N) is 2. The highest BCUT2D eigenvalue weighted by molar-refractivity contribution is 5.91. The third kappa shape index (κ3) is 4.42. The molecule has 0 aliphatic carbocycles. The molecule has 0 aromatic heterocycles. The third-order valence-corrected chi connectivity index (χ3v) is 3.40. The molecule has 0 fully saturated rings. The van der Waals surface area contributed by atoms with Gasteiger partial charge in [0.25, 0.3) is 0 Å². The summed E-state index contributed by atoms with van der Waals surface area (Å²) in [4.78, 5) is 23.5. The van der Waals surface area contributed by atoms with E-state index in [0.29, 0.717) is 18.5 Å². The summed E-state index contributed by atoms with van der Waals surface area (Å²) >= 11 is 0. The van der Waals surface area contributed by atoms with Gasteiger partial charge in [-0.1, -0.05) is 26.0 Å². The van der Waals surface area contributed by atoms with E-state index in [1.807, 2.05) is 13.8 Å². The molecule has 0 bridgehead atoms. The number of carbonyl (C=O) groups is 2. The minimum absolute atomic E-state index is 0. The Balaban J connectivity index is 0.00000361. The number of hydrogen-bond acceptors (Lipinski definition) is 3. The van der Waals surface area contributed by atoms with Crippen LogP contribution in [0.2, 0.25) is 0 Å². The van der Waals surface area contributed by atoms with Crippen LogP contribution in [0.4, 0.5) is 5.69 Å². The van der Waals surface area contributed by atoms with Gasteiger partial charge in [0.1, 0.15) is 5.54 Å². The molecule has 1 aromatic rings. The predicted molar refractivity (Wildman–Crippen MR) is 82.5 cm³/mol. The normalized spacial score (nSPS) is 10.5. The number of nitrogens with one attached hydrogen (secondary N) is 1. The van der Waals surface area contributed by atoms with Gasteiger partial charge in [-0.3, -0.25) is 9.59 Å². The molecular weight excluding hydrogens is 278 g/mol. The summed E-state index contributed by atoms with van der Waals surface area (Å²) in [6, 6.07) is 7.06. The fourth-order valence-electron chi connectivity index (χ4n) is 1.97. The molecule has 0 saturated heterocycles. The molecule has 2 amide bonds. The zero-order valence-electron chi connectivity index (χ0n) is 11.8. The molecule has 0 unspecified atom stereocenters. The largest absolute Gasteiger partial charge is 0.399 e. The Hall–Kier alpha value is -1.75. The zero-order chi connectivity index (χ0) is 14.5. The van der Waals surface area contributed by atoms with Crippen molar-refractivity contribution in [1.82, 2.24) is 5.32 Å². The molecule has 0 heterocycles. The van der Waals surface area contributed by atoms with Gasteiger partial charge < -0.3 is 16.8 Å². The Morgan fingerprint density at radius 3 is 2.05 bits per heavy atom. The van der Waals surface area contributed by atoms with Crippen molar-refractivity contribution in [2.24, 2.45) is 5.73 Å². The smallest absolute Gasteiger partial charge is 0.243 e. The molecule has 0 atom stereocenters. The van der Waals surface area contributed by atoms with Gasteiger partial charge in [0.2, 0.25) is 11.8 Å². The molecule has 0 radical (unpaired) electrons. The minimum Gasteiger partial charge on any atom is -0.399 e. The number of primary amides is 1. The van der Waals surface area contributed by atoms with Crippen LogP contribution >= 0.6 is 12.4 Å². The lowest BCUT2D eigenvalue weighted by molar-refractivity contribution is -0.131. The second kappa shape index (κ2) is 7.75. The quantitative estimate of drug-likeness (QED) is 0.692. The van der Waals surface area contributed by atoms with Gasteiger partial charge in [0.15, 0.2) is 0 Å². The van der Waals surface area contributed by atoms with Gasteiger partial charge in [-0.2, -0.15) is 0 Å². The van der Waals surface area contributed by atoms with Crippen LogP contribution in [0.15, 0.2) is 24.3 Å². The van der Waals surface area contributed by atoms with E-state index in [0.717, 1.165) is 5.56 Å². The second-order valence-electron chi connectivity index (χ2n) is 4.62. The highest BCUT2D eigenvalue weighted by Crippen LogP contribution is 2.15.